The number of amides is 3. The first-order valence-electron chi connectivity index (χ1n) is 8.56. The Labute approximate surface area is 138 Å². The average molecular weight is 317 g/mol. The summed E-state index contributed by atoms with van der Waals surface area (Å²) >= 11 is 0. The molecule has 1 aliphatic carbocycles. The molecule has 1 saturated heterocycles. The maximum Gasteiger partial charge on any atom is 0.318 e. The Kier molecular flexibility index (Phi) is 6.91. The molecule has 1 unspecified atom stereocenters. The van der Waals surface area contributed by atoms with Crippen LogP contribution in [0.1, 0.15) is 39.0 Å². The van der Waals surface area contributed by atoms with Gasteiger partial charge in [0.05, 0.1) is 0 Å². The van der Waals surface area contributed by atoms with E-state index < -0.39 is 6.04 Å². The zero-order valence-corrected chi connectivity index (χ0v) is 13.9. The van der Waals surface area contributed by atoms with Crippen LogP contribution in [0, 0.1) is 0 Å². The zero-order valence-electron chi connectivity index (χ0n) is 13.9. The van der Waals surface area contributed by atoms with Crippen molar-refractivity contribution in [1.29, 1.82) is 0 Å². The van der Waals surface area contributed by atoms with E-state index in [1.165, 1.54) is 5.57 Å². The highest BCUT2D eigenvalue weighted by molar-refractivity contribution is 5.87. The van der Waals surface area contributed by atoms with Crippen molar-refractivity contribution in [2.75, 3.05) is 19.6 Å². The van der Waals surface area contributed by atoms with E-state index in [0.717, 1.165) is 25.7 Å². The minimum Gasteiger partial charge on any atom is -0.354 e. The molecule has 3 amide bonds. The Bertz CT molecular complexity index is 508. The van der Waals surface area contributed by atoms with Crippen molar-refractivity contribution < 1.29 is 9.59 Å². The molecule has 1 heterocycles. The molecule has 0 aromatic carbocycles. The minimum absolute atomic E-state index is 0.0377. The van der Waals surface area contributed by atoms with Crippen LogP contribution in [-0.2, 0) is 4.79 Å². The molecule has 2 N–H and O–H groups in total. The van der Waals surface area contributed by atoms with Crippen molar-refractivity contribution in [2.24, 2.45) is 0 Å². The number of carbonyl (C=O) groups is 2. The third-order valence-electron chi connectivity index (χ3n) is 4.16. The van der Waals surface area contributed by atoms with Gasteiger partial charge in [0.1, 0.15) is 6.04 Å². The lowest BCUT2D eigenvalue weighted by Crippen LogP contribution is -2.48. The fourth-order valence-electron chi connectivity index (χ4n) is 2.81. The Morgan fingerprint density at radius 1 is 1.43 bits per heavy atom. The second-order valence-electron chi connectivity index (χ2n) is 5.93. The van der Waals surface area contributed by atoms with Crippen LogP contribution in [0.5, 0.6) is 0 Å². The number of carbonyl (C=O) groups excluding carboxylic acids is 2. The quantitative estimate of drug-likeness (QED) is 0.676. The summed E-state index contributed by atoms with van der Waals surface area (Å²) in [4.78, 5) is 26.1. The summed E-state index contributed by atoms with van der Waals surface area (Å²) in [5.41, 5.74) is 1.20. The number of urea groups is 1. The van der Waals surface area contributed by atoms with Crippen LogP contribution in [0.4, 0.5) is 4.79 Å². The molecule has 2 aliphatic rings. The van der Waals surface area contributed by atoms with E-state index in [1.54, 1.807) is 4.90 Å². The lowest BCUT2D eigenvalue weighted by Gasteiger charge is -2.26. The monoisotopic (exact) mass is 317 g/mol. The van der Waals surface area contributed by atoms with Gasteiger partial charge in [-0.1, -0.05) is 43.7 Å². The lowest BCUT2D eigenvalue weighted by atomic mass is 10.0. The summed E-state index contributed by atoms with van der Waals surface area (Å²) in [6, 6.07) is -0.526. The average Bonchev–Trinajstić information content (AvgIpc) is 2.81. The van der Waals surface area contributed by atoms with Gasteiger partial charge in [0.15, 0.2) is 0 Å². The van der Waals surface area contributed by atoms with Crippen LogP contribution in [-0.4, -0.2) is 42.5 Å². The summed E-state index contributed by atoms with van der Waals surface area (Å²) in [7, 11) is 0. The van der Waals surface area contributed by atoms with Crippen molar-refractivity contribution in [2.45, 2.75) is 45.1 Å². The molecular weight excluding hydrogens is 290 g/mol. The fraction of sp³-hybridized carbons (Fsp3) is 0.556. The number of unbranched alkanes of at least 4 members (excludes halogenated alkanes) is 1. The summed E-state index contributed by atoms with van der Waals surface area (Å²) < 4.78 is 0. The normalized spacial score (nSPS) is 18.4. The topological polar surface area (TPSA) is 61.4 Å². The maximum absolute atomic E-state index is 12.5. The molecule has 0 saturated carbocycles. The van der Waals surface area contributed by atoms with Crippen molar-refractivity contribution in [3.63, 3.8) is 0 Å². The van der Waals surface area contributed by atoms with Crippen LogP contribution in [0.25, 0.3) is 0 Å². The molecule has 2 rings (SSSR count). The maximum atomic E-state index is 12.5. The van der Waals surface area contributed by atoms with E-state index in [1.807, 2.05) is 6.08 Å². The van der Waals surface area contributed by atoms with Gasteiger partial charge in [-0.05, 0) is 31.3 Å². The number of hydrogen-bond acceptors (Lipinski definition) is 2. The Morgan fingerprint density at radius 3 is 3.04 bits per heavy atom. The van der Waals surface area contributed by atoms with Gasteiger partial charge in [0.25, 0.3) is 0 Å². The molecule has 0 radical (unpaired) electrons. The Morgan fingerprint density at radius 2 is 2.30 bits per heavy atom. The van der Waals surface area contributed by atoms with E-state index in [0.29, 0.717) is 26.1 Å². The standard InChI is InChI=1S/C18H27N3O2/c1-2-3-12-19-17(22)16(21-14-13-20-18(21)23)11-10-15-8-6-4-5-7-9-15/h4,6-9,16H,2-3,5,10-14H2,1H3,(H,19,22)(H,20,23). The molecule has 1 aliphatic heterocycles. The molecule has 0 aromatic rings. The van der Waals surface area contributed by atoms with Crippen molar-refractivity contribution in [3.8, 4) is 0 Å². The third-order valence-corrected chi connectivity index (χ3v) is 4.16. The van der Waals surface area contributed by atoms with Gasteiger partial charge in [-0.3, -0.25) is 4.79 Å². The smallest absolute Gasteiger partial charge is 0.318 e. The molecule has 126 valence electrons. The number of rotatable bonds is 8. The van der Waals surface area contributed by atoms with Gasteiger partial charge in [-0.15, -0.1) is 0 Å². The highest BCUT2D eigenvalue weighted by Crippen LogP contribution is 2.17. The first-order valence-corrected chi connectivity index (χ1v) is 8.56. The van der Waals surface area contributed by atoms with Crippen LogP contribution in [0.2, 0.25) is 0 Å². The second-order valence-corrected chi connectivity index (χ2v) is 5.93. The second kappa shape index (κ2) is 9.18. The Balaban J connectivity index is 1.97. The number of allylic oxidation sites excluding steroid dienone is 6. The summed E-state index contributed by atoms with van der Waals surface area (Å²) in [5.74, 6) is -0.0377. The van der Waals surface area contributed by atoms with Crippen LogP contribution in [0.15, 0.2) is 36.0 Å². The van der Waals surface area contributed by atoms with Gasteiger partial charge in [-0.2, -0.15) is 0 Å². The Hall–Kier alpha value is -2.04. The van der Waals surface area contributed by atoms with E-state index >= 15 is 0 Å². The third kappa shape index (κ3) is 5.27. The highest BCUT2D eigenvalue weighted by atomic mass is 16.2. The first kappa shape index (κ1) is 17.3. The predicted octanol–water partition coefficient (Wildman–Crippen LogP) is 2.52. The van der Waals surface area contributed by atoms with Gasteiger partial charge in [0.2, 0.25) is 5.91 Å². The van der Waals surface area contributed by atoms with Crippen LogP contribution < -0.4 is 10.6 Å². The van der Waals surface area contributed by atoms with Crippen molar-refractivity contribution >= 4 is 11.9 Å². The number of nitrogens with zero attached hydrogens (tertiary/aromatic N) is 1. The zero-order chi connectivity index (χ0) is 16.5. The predicted molar refractivity (Wildman–Crippen MR) is 92.0 cm³/mol. The van der Waals surface area contributed by atoms with Gasteiger partial charge >= 0.3 is 6.03 Å². The minimum atomic E-state index is -0.393. The molecule has 0 bridgehead atoms. The van der Waals surface area contributed by atoms with Gasteiger partial charge < -0.3 is 15.5 Å². The SMILES string of the molecule is CCCCNC(=O)C(CCC1=CC=CCC=C1)N1CCNC1=O. The van der Waals surface area contributed by atoms with E-state index in [9.17, 15) is 9.59 Å². The van der Waals surface area contributed by atoms with E-state index in [4.69, 9.17) is 0 Å². The van der Waals surface area contributed by atoms with Gasteiger partial charge in [0, 0.05) is 19.6 Å². The van der Waals surface area contributed by atoms with Gasteiger partial charge in [-0.25, -0.2) is 4.79 Å². The number of hydrogen-bond donors (Lipinski definition) is 2. The number of nitrogens with one attached hydrogen (secondary N) is 2. The molecule has 1 fully saturated rings. The molecule has 0 spiro atoms. The molecule has 1 atom stereocenters. The van der Waals surface area contributed by atoms with Crippen molar-refractivity contribution in [1.82, 2.24) is 15.5 Å². The fourth-order valence-corrected chi connectivity index (χ4v) is 2.81. The van der Waals surface area contributed by atoms with E-state index in [2.05, 4.69) is 41.9 Å². The molecule has 5 heteroatoms. The first-order chi connectivity index (χ1) is 11.2. The molecule has 23 heavy (non-hydrogen) atoms. The lowest BCUT2D eigenvalue weighted by molar-refractivity contribution is -0.125. The largest absolute Gasteiger partial charge is 0.354 e. The molecule has 5 nitrogen and oxygen atoms in total. The molecular formula is C18H27N3O2. The van der Waals surface area contributed by atoms with Crippen molar-refractivity contribution in [3.05, 3.63) is 36.0 Å². The summed E-state index contributed by atoms with van der Waals surface area (Å²) in [6.45, 7) is 3.98. The van der Waals surface area contributed by atoms with E-state index in [-0.39, 0.29) is 11.9 Å². The molecule has 0 aromatic heterocycles. The summed E-state index contributed by atoms with van der Waals surface area (Å²) in [5, 5.41) is 5.76. The van der Waals surface area contributed by atoms with Crippen LogP contribution >= 0.6 is 0 Å². The summed E-state index contributed by atoms with van der Waals surface area (Å²) in [6.07, 6.45) is 14.8. The van der Waals surface area contributed by atoms with Crippen LogP contribution in [0.3, 0.4) is 0 Å². The highest BCUT2D eigenvalue weighted by Gasteiger charge is 2.32.